The second-order valence-corrected chi connectivity index (χ2v) is 7.45. The van der Waals surface area contributed by atoms with Gasteiger partial charge in [0, 0.05) is 11.3 Å². The van der Waals surface area contributed by atoms with Crippen LogP contribution >= 0.6 is 11.8 Å². The highest BCUT2D eigenvalue weighted by Gasteiger charge is 2.27. The number of benzene rings is 1. The number of phenols is 1. The standard InChI is InChI=1S/C13H21NO3S2/c1-4-13(5-2,18-3)10-14-19(16,17)12-8-6-11(15)7-9-12/h6-9,14-15H,4-5,10H2,1-3H3. The predicted molar refractivity (Wildman–Crippen MR) is 80.1 cm³/mol. The van der Waals surface area contributed by atoms with E-state index in [1.165, 1.54) is 24.3 Å². The van der Waals surface area contributed by atoms with Crippen LogP contribution in [0.25, 0.3) is 0 Å². The van der Waals surface area contributed by atoms with Crippen LogP contribution in [0.3, 0.4) is 0 Å². The van der Waals surface area contributed by atoms with Crippen LogP contribution in [0.4, 0.5) is 0 Å². The fraction of sp³-hybridized carbons (Fsp3) is 0.538. The first kappa shape index (κ1) is 16.3. The lowest BCUT2D eigenvalue weighted by molar-refractivity contribution is 0.474. The van der Waals surface area contributed by atoms with Crippen LogP contribution in [0.15, 0.2) is 29.2 Å². The van der Waals surface area contributed by atoms with Crippen molar-refractivity contribution in [3.8, 4) is 5.75 Å². The quantitative estimate of drug-likeness (QED) is 0.812. The van der Waals surface area contributed by atoms with Gasteiger partial charge in [-0.05, 0) is 43.4 Å². The smallest absolute Gasteiger partial charge is 0.240 e. The lowest BCUT2D eigenvalue weighted by Gasteiger charge is -2.29. The van der Waals surface area contributed by atoms with Crippen LogP contribution in [-0.4, -0.2) is 31.1 Å². The summed E-state index contributed by atoms with van der Waals surface area (Å²) < 4.78 is 26.9. The molecule has 0 bridgehead atoms. The molecule has 0 saturated heterocycles. The number of sulfonamides is 1. The Labute approximate surface area is 119 Å². The Hall–Kier alpha value is -0.720. The minimum absolute atomic E-state index is 0.0551. The van der Waals surface area contributed by atoms with Crippen LogP contribution in [0.5, 0.6) is 5.75 Å². The number of thioether (sulfide) groups is 1. The number of aromatic hydroxyl groups is 1. The minimum Gasteiger partial charge on any atom is -0.508 e. The average molecular weight is 303 g/mol. The number of phenolic OH excluding ortho intramolecular Hbond substituents is 1. The first-order valence-electron chi connectivity index (χ1n) is 6.23. The summed E-state index contributed by atoms with van der Waals surface area (Å²) in [5.41, 5.74) is 0. The van der Waals surface area contributed by atoms with Gasteiger partial charge in [-0.3, -0.25) is 0 Å². The van der Waals surface area contributed by atoms with Gasteiger partial charge < -0.3 is 5.11 Å². The van der Waals surface area contributed by atoms with Crippen molar-refractivity contribution in [2.24, 2.45) is 0 Å². The van der Waals surface area contributed by atoms with E-state index in [0.29, 0.717) is 6.54 Å². The molecule has 0 fully saturated rings. The summed E-state index contributed by atoms with van der Waals surface area (Å²) in [4.78, 5) is 0.174. The van der Waals surface area contributed by atoms with Crippen LogP contribution in [0.2, 0.25) is 0 Å². The van der Waals surface area contributed by atoms with E-state index in [1.54, 1.807) is 11.8 Å². The summed E-state index contributed by atoms with van der Waals surface area (Å²) >= 11 is 1.69. The SMILES string of the molecule is CCC(CC)(CNS(=O)(=O)c1ccc(O)cc1)SC. The van der Waals surface area contributed by atoms with E-state index in [-0.39, 0.29) is 15.4 Å². The Morgan fingerprint density at radius 2 is 1.74 bits per heavy atom. The van der Waals surface area contributed by atoms with Crippen LogP contribution in [0.1, 0.15) is 26.7 Å². The third kappa shape index (κ3) is 4.12. The average Bonchev–Trinajstić information content (AvgIpc) is 2.41. The van der Waals surface area contributed by atoms with E-state index in [1.807, 2.05) is 6.26 Å². The van der Waals surface area contributed by atoms with Gasteiger partial charge in [0.15, 0.2) is 0 Å². The van der Waals surface area contributed by atoms with Gasteiger partial charge in [0.1, 0.15) is 5.75 Å². The predicted octanol–water partition coefficient (Wildman–Crippen LogP) is 2.59. The second-order valence-electron chi connectivity index (χ2n) is 4.41. The summed E-state index contributed by atoms with van der Waals surface area (Å²) in [7, 11) is -3.51. The molecule has 1 aromatic rings. The van der Waals surface area contributed by atoms with Crippen molar-refractivity contribution in [1.29, 1.82) is 0 Å². The molecule has 0 aliphatic carbocycles. The van der Waals surface area contributed by atoms with Gasteiger partial charge in [0.25, 0.3) is 0 Å². The van der Waals surface area contributed by atoms with E-state index in [0.717, 1.165) is 12.8 Å². The minimum atomic E-state index is -3.51. The van der Waals surface area contributed by atoms with E-state index in [2.05, 4.69) is 18.6 Å². The molecule has 0 aromatic heterocycles. The number of hydrogen-bond donors (Lipinski definition) is 2. The van der Waals surface area contributed by atoms with Gasteiger partial charge in [0.05, 0.1) is 4.90 Å². The van der Waals surface area contributed by atoms with Gasteiger partial charge in [-0.2, -0.15) is 11.8 Å². The zero-order chi connectivity index (χ0) is 14.5. The van der Waals surface area contributed by atoms with Gasteiger partial charge in [-0.1, -0.05) is 13.8 Å². The molecule has 4 nitrogen and oxygen atoms in total. The number of hydrogen-bond acceptors (Lipinski definition) is 4. The summed E-state index contributed by atoms with van der Waals surface area (Å²) in [6.45, 7) is 4.54. The molecule has 1 aromatic carbocycles. The van der Waals surface area contributed by atoms with E-state index in [9.17, 15) is 13.5 Å². The molecule has 0 heterocycles. The fourth-order valence-electron chi connectivity index (χ4n) is 1.80. The third-order valence-corrected chi connectivity index (χ3v) is 6.46. The maximum Gasteiger partial charge on any atom is 0.240 e. The maximum absolute atomic E-state index is 12.1. The zero-order valence-corrected chi connectivity index (χ0v) is 13.1. The lowest BCUT2D eigenvalue weighted by Crippen LogP contribution is -2.39. The molecule has 0 saturated carbocycles. The molecule has 0 radical (unpaired) electrons. The van der Waals surface area contributed by atoms with Crippen molar-refractivity contribution in [2.75, 3.05) is 12.8 Å². The second kappa shape index (κ2) is 6.63. The highest BCUT2D eigenvalue weighted by Crippen LogP contribution is 2.30. The van der Waals surface area contributed by atoms with E-state index < -0.39 is 10.0 Å². The lowest BCUT2D eigenvalue weighted by atomic mass is 10.0. The van der Waals surface area contributed by atoms with E-state index in [4.69, 9.17) is 0 Å². The molecule has 0 atom stereocenters. The summed E-state index contributed by atoms with van der Waals surface area (Å²) in [6, 6.07) is 5.54. The van der Waals surface area contributed by atoms with Gasteiger partial charge in [-0.25, -0.2) is 13.1 Å². The van der Waals surface area contributed by atoms with Crippen molar-refractivity contribution in [3.63, 3.8) is 0 Å². The fourth-order valence-corrected chi connectivity index (χ4v) is 3.81. The Kier molecular flexibility index (Phi) is 5.70. The Morgan fingerprint density at radius 3 is 2.16 bits per heavy atom. The molecule has 0 spiro atoms. The van der Waals surface area contributed by atoms with Gasteiger partial charge >= 0.3 is 0 Å². The van der Waals surface area contributed by atoms with E-state index >= 15 is 0 Å². The monoisotopic (exact) mass is 303 g/mol. The Morgan fingerprint density at radius 1 is 1.21 bits per heavy atom. The first-order chi connectivity index (χ1) is 8.89. The zero-order valence-electron chi connectivity index (χ0n) is 11.5. The third-order valence-electron chi connectivity index (χ3n) is 3.45. The summed E-state index contributed by atoms with van der Waals surface area (Å²) in [6.07, 6.45) is 3.81. The summed E-state index contributed by atoms with van der Waals surface area (Å²) in [5.74, 6) is 0.0551. The highest BCUT2D eigenvalue weighted by molar-refractivity contribution is 8.00. The van der Waals surface area contributed by atoms with Crippen molar-refractivity contribution in [2.45, 2.75) is 36.3 Å². The largest absolute Gasteiger partial charge is 0.508 e. The van der Waals surface area contributed by atoms with Crippen LogP contribution in [-0.2, 0) is 10.0 Å². The topological polar surface area (TPSA) is 66.4 Å². The molecular weight excluding hydrogens is 282 g/mol. The Bertz CT molecular complexity index is 485. The van der Waals surface area contributed by atoms with Crippen molar-refractivity contribution >= 4 is 21.8 Å². The molecule has 0 aliphatic heterocycles. The first-order valence-corrected chi connectivity index (χ1v) is 8.94. The van der Waals surface area contributed by atoms with Crippen molar-refractivity contribution < 1.29 is 13.5 Å². The summed E-state index contributed by atoms with van der Waals surface area (Å²) in [5, 5.41) is 9.18. The number of nitrogens with one attached hydrogen (secondary N) is 1. The maximum atomic E-state index is 12.1. The molecule has 0 amide bonds. The molecular formula is C13H21NO3S2. The normalized spacial score (nSPS) is 12.6. The van der Waals surface area contributed by atoms with Crippen molar-refractivity contribution in [3.05, 3.63) is 24.3 Å². The molecule has 0 aliphatic rings. The molecule has 6 heteroatoms. The molecule has 2 N–H and O–H groups in total. The molecule has 108 valence electrons. The van der Waals surface area contributed by atoms with Crippen LogP contribution < -0.4 is 4.72 Å². The molecule has 0 unspecified atom stereocenters. The highest BCUT2D eigenvalue weighted by atomic mass is 32.2. The molecule has 19 heavy (non-hydrogen) atoms. The van der Waals surface area contributed by atoms with Gasteiger partial charge in [-0.15, -0.1) is 0 Å². The van der Waals surface area contributed by atoms with Crippen molar-refractivity contribution in [1.82, 2.24) is 4.72 Å². The molecule has 1 rings (SSSR count). The van der Waals surface area contributed by atoms with Crippen LogP contribution in [0, 0.1) is 0 Å². The van der Waals surface area contributed by atoms with Gasteiger partial charge in [0.2, 0.25) is 10.0 Å². The number of rotatable bonds is 7. The Balaban J connectivity index is 2.83.